The molecule has 0 aromatic heterocycles. The number of benzene rings is 1. The first-order chi connectivity index (χ1) is 16.2. The van der Waals surface area contributed by atoms with Crippen LogP contribution in [0.3, 0.4) is 0 Å². The summed E-state index contributed by atoms with van der Waals surface area (Å²) >= 11 is 0. The van der Waals surface area contributed by atoms with Gasteiger partial charge in [-0.1, -0.05) is 39.8 Å². The first-order valence-corrected chi connectivity index (χ1v) is 12.5. The molecule has 0 aliphatic carbocycles. The molecular weight excluding hydrogens is 441 g/mol. The normalized spacial score (nSPS) is 22.1. The van der Waals surface area contributed by atoms with E-state index >= 15 is 0 Å². The second-order valence-corrected chi connectivity index (χ2v) is 9.34. The van der Waals surface area contributed by atoms with E-state index in [0.717, 1.165) is 31.1 Å². The van der Waals surface area contributed by atoms with Crippen LogP contribution in [0.1, 0.15) is 76.6 Å². The van der Waals surface area contributed by atoms with Crippen LogP contribution in [0.2, 0.25) is 0 Å². The summed E-state index contributed by atoms with van der Waals surface area (Å²) in [6.07, 6.45) is 0.249. The topological polar surface area (TPSA) is 59.1 Å². The molecule has 6 nitrogen and oxygen atoms in total. The zero-order valence-corrected chi connectivity index (χ0v) is 21.0. The van der Waals surface area contributed by atoms with E-state index in [1.54, 1.807) is 25.2 Å². The quantitative estimate of drug-likeness (QED) is 0.506. The molecule has 34 heavy (non-hydrogen) atoms. The lowest BCUT2D eigenvalue weighted by Gasteiger charge is -2.42. The van der Waals surface area contributed by atoms with Gasteiger partial charge in [-0.2, -0.15) is 0 Å². The van der Waals surface area contributed by atoms with Crippen molar-refractivity contribution in [2.45, 2.75) is 89.9 Å². The SMILES string of the molecule is CCC1(CC)OB(c2cccc(C(=O)N3CCN(C)C(=O)C3CCC(F)F)c2)OC1(CC)CC. The van der Waals surface area contributed by atoms with Gasteiger partial charge in [0.05, 0.1) is 11.2 Å². The maximum atomic E-state index is 13.4. The lowest BCUT2D eigenvalue weighted by Crippen LogP contribution is -2.57. The number of hydrogen-bond acceptors (Lipinski definition) is 4. The molecule has 2 heterocycles. The number of likely N-dealkylation sites (N-methyl/N-ethyl adjacent to an activating group) is 1. The van der Waals surface area contributed by atoms with Gasteiger partial charge in [0.1, 0.15) is 6.04 Å². The monoisotopic (exact) mass is 478 g/mol. The van der Waals surface area contributed by atoms with Gasteiger partial charge in [-0.3, -0.25) is 9.59 Å². The van der Waals surface area contributed by atoms with Gasteiger partial charge in [0.15, 0.2) is 0 Å². The first kappa shape index (κ1) is 26.6. The van der Waals surface area contributed by atoms with Crippen molar-refractivity contribution in [1.29, 1.82) is 0 Å². The Labute approximate surface area is 202 Å². The lowest BCUT2D eigenvalue weighted by molar-refractivity contribution is -0.139. The van der Waals surface area contributed by atoms with Crippen molar-refractivity contribution in [1.82, 2.24) is 9.80 Å². The molecule has 0 N–H and O–H groups in total. The summed E-state index contributed by atoms with van der Waals surface area (Å²) in [4.78, 5) is 29.1. The van der Waals surface area contributed by atoms with Crippen molar-refractivity contribution in [3.05, 3.63) is 29.8 Å². The van der Waals surface area contributed by atoms with E-state index in [-0.39, 0.29) is 18.2 Å². The average Bonchev–Trinajstić information content (AvgIpc) is 3.20. The van der Waals surface area contributed by atoms with E-state index in [9.17, 15) is 18.4 Å². The summed E-state index contributed by atoms with van der Waals surface area (Å²) in [5.41, 5.74) is 0.315. The molecule has 1 aromatic rings. The molecule has 0 spiro atoms. The summed E-state index contributed by atoms with van der Waals surface area (Å²) in [6.45, 7) is 9.12. The number of rotatable bonds is 9. The molecule has 2 fully saturated rings. The number of nitrogens with zero attached hydrogens (tertiary/aromatic N) is 2. The highest BCUT2D eigenvalue weighted by molar-refractivity contribution is 6.62. The van der Waals surface area contributed by atoms with Crippen LogP contribution < -0.4 is 5.46 Å². The number of amides is 2. The molecule has 2 amide bonds. The van der Waals surface area contributed by atoms with E-state index in [2.05, 4.69) is 27.7 Å². The molecule has 188 valence electrons. The molecule has 2 aliphatic heterocycles. The fourth-order valence-corrected chi connectivity index (χ4v) is 5.61. The maximum Gasteiger partial charge on any atom is 0.494 e. The highest BCUT2D eigenvalue weighted by Crippen LogP contribution is 2.46. The lowest BCUT2D eigenvalue weighted by atomic mass is 9.75. The van der Waals surface area contributed by atoms with E-state index in [0.29, 0.717) is 18.7 Å². The highest BCUT2D eigenvalue weighted by Gasteiger charge is 2.58. The second kappa shape index (κ2) is 10.7. The van der Waals surface area contributed by atoms with Gasteiger partial charge in [0.2, 0.25) is 12.3 Å². The highest BCUT2D eigenvalue weighted by atomic mass is 19.3. The molecule has 0 bridgehead atoms. The molecule has 0 saturated carbocycles. The van der Waals surface area contributed by atoms with Gasteiger partial charge in [-0.25, -0.2) is 8.78 Å². The van der Waals surface area contributed by atoms with Crippen LogP contribution in [-0.4, -0.2) is 72.5 Å². The molecule has 0 radical (unpaired) electrons. The molecule has 3 rings (SSSR count). The van der Waals surface area contributed by atoms with E-state index < -0.39 is 37.2 Å². The van der Waals surface area contributed by atoms with Gasteiger partial charge >= 0.3 is 7.12 Å². The van der Waals surface area contributed by atoms with Crippen LogP contribution in [0.15, 0.2) is 24.3 Å². The number of piperazine rings is 1. The van der Waals surface area contributed by atoms with E-state index in [4.69, 9.17) is 9.31 Å². The zero-order chi connectivity index (χ0) is 25.1. The summed E-state index contributed by atoms with van der Waals surface area (Å²) in [7, 11) is 1.03. The van der Waals surface area contributed by atoms with Crippen LogP contribution in [0.4, 0.5) is 8.78 Å². The summed E-state index contributed by atoms with van der Waals surface area (Å²) in [6, 6.07) is 6.20. The van der Waals surface area contributed by atoms with Crippen LogP contribution in [0.5, 0.6) is 0 Å². The Morgan fingerprint density at radius 1 is 1.09 bits per heavy atom. The van der Waals surface area contributed by atoms with Gasteiger partial charge in [0, 0.05) is 32.1 Å². The minimum absolute atomic E-state index is 0.0633. The van der Waals surface area contributed by atoms with Crippen molar-refractivity contribution in [3.8, 4) is 0 Å². The van der Waals surface area contributed by atoms with Crippen LogP contribution >= 0.6 is 0 Å². The van der Waals surface area contributed by atoms with Crippen LogP contribution in [-0.2, 0) is 14.1 Å². The fraction of sp³-hybridized carbons (Fsp3) is 0.680. The predicted octanol–water partition coefficient (Wildman–Crippen LogP) is 3.87. The molecule has 1 unspecified atom stereocenters. The molecule has 2 aliphatic rings. The Balaban J connectivity index is 1.87. The average molecular weight is 478 g/mol. The van der Waals surface area contributed by atoms with E-state index in [1.807, 2.05) is 6.07 Å². The standard InChI is InChI=1S/C25H37BF2N2O4/c1-6-24(7-2)25(8-3,9-4)34-26(33-24)19-12-10-11-18(17-19)22(31)30-16-15-29(5)23(32)20(30)13-14-21(27)28/h10-12,17,20-21H,6-9,13-16H2,1-5H3. The van der Waals surface area contributed by atoms with Crippen molar-refractivity contribution < 1.29 is 27.7 Å². The number of alkyl halides is 2. The Kier molecular flexibility index (Phi) is 8.40. The molecule has 9 heteroatoms. The molecular formula is C25H37BF2N2O4. The van der Waals surface area contributed by atoms with E-state index in [1.165, 1.54) is 9.80 Å². The number of carbonyl (C=O) groups excluding carboxylic acids is 2. The minimum Gasteiger partial charge on any atom is -0.399 e. The fourth-order valence-electron chi connectivity index (χ4n) is 5.61. The van der Waals surface area contributed by atoms with Gasteiger partial charge in [-0.15, -0.1) is 0 Å². The Hall–Kier alpha value is -2.00. The van der Waals surface area contributed by atoms with Crippen LogP contribution in [0.25, 0.3) is 0 Å². The minimum atomic E-state index is -2.52. The second-order valence-electron chi connectivity index (χ2n) is 9.34. The summed E-state index contributed by atoms with van der Waals surface area (Å²) in [5, 5.41) is 0. The van der Waals surface area contributed by atoms with Crippen molar-refractivity contribution in [3.63, 3.8) is 0 Å². The first-order valence-electron chi connectivity index (χ1n) is 12.5. The zero-order valence-electron chi connectivity index (χ0n) is 21.0. The molecule has 1 atom stereocenters. The van der Waals surface area contributed by atoms with Gasteiger partial charge < -0.3 is 19.1 Å². The molecule has 2 saturated heterocycles. The van der Waals surface area contributed by atoms with Crippen molar-refractivity contribution in [2.75, 3.05) is 20.1 Å². The Morgan fingerprint density at radius 2 is 1.68 bits per heavy atom. The number of carbonyl (C=O) groups is 2. The third-order valence-corrected chi connectivity index (χ3v) is 7.82. The Morgan fingerprint density at radius 3 is 2.21 bits per heavy atom. The van der Waals surface area contributed by atoms with Crippen LogP contribution in [0, 0.1) is 0 Å². The smallest absolute Gasteiger partial charge is 0.399 e. The summed E-state index contributed by atoms with van der Waals surface area (Å²) in [5.74, 6) is -0.639. The van der Waals surface area contributed by atoms with Crippen molar-refractivity contribution in [2.24, 2.45) is 0 Å². The predicted molar refractivity (Wildman–Crippen MR) is 128 cm³/mol. The molecule has 1 aromatic carbocycles. The third kappa shape index (κ3) is 4.74. The largest absolute Gasteiger partial charge is 0.494 e. The van der Waals surface area contributed by atoms with Crippen molar-refractivity contribution >= 4 is 24.4 Å². The number of halogens is 2. The Bertz CT molecular complexity index is 856. The summed E-state index contributed by atoms with van der Waals surface area (Å²) < 4.78 is 38.8. The maximum absolute atomic E-state index is 13.4. The third-order valence-electron chi connectivity index (χ3n) is 7.82. The van der Waals surface area contributed by atoms with Gasteiger partial charge in [0.25, 0.3) is 5.91 Å². The van der Waals surface area contributed by atoms with Gasteiger partial charge in [-0.05, 0) is 49.7 Å². The number of hydrogen-bond donors (Lipinski definition) is 0.